The molecule has 0 aliphatic rings. The van der Waals surface area contributed by atoms with E-state index in [2.05, 4.69) is 6.92 Å². The van der Waals surface area contributed by atoms with Crippen LogP contribution in [-0.4, -0.2) is 19.6 Å². The monoisotopic (exact) mass is 226 g/mol. The Balaban J connectivity index is 2.55. The van der Waals surface area contributed by atoms with Crippen molar-refractivity contribution in [1.29, 1.82) is 0 Å². The van der Waals surface area contributed by atoms with Crippen molar-refractivity contribution < 1.29 is 8.76 Å². The Labute approximate surface area is 93.5 Å². The maximum atomic E-state index is 10.9. The molecule has 0 aromatic heterocycles. The van der Waals surface area contributed by atoms with Crippen LogP contribution in [0.1, 0.15) is 25.3 Å². The Hall–Kier alpha value is -0.710. The van der Waals surface area contributed by atoms with Gasteiger partial charge in [-0.15, -0.1) is 0 Å². The molecule has 84 valence electrons. The molecule has 1 aromatic rings. The Kier molecular flexibility index (Phi) is 5.53. The summed E-state index contributed by atoms with van der Waals surface area (Å²) in [7, 11) is 0. The average Bonchev–Trinajstić information content (AvgIpc) is 2.25. The zero-order valence-corrected chi connectivity index (χ0v) is 9.70. The smallest absolute Gasteiger partial charge is 0.0353 e. The molecule has 3 nitrogen and oxygen atoms in total. The first-order chi connectivity index (χ1) is 7.24. The third-order valence-corrected chi connectivity index (χ3v) is 2.91. The van der Waals surface area contributed by atoms with E-state index in [-0.39, 0.29) is 0 Å². The van der Waals surface area contributed by atoms with E-state index in [1.54, 1.807) is 0 Å². The second-order valence-corrected chi connectivity index (χ2v) is 4.37. The molecule has 0 fully saturated rings. The lowest BCUT2D eigenvalue weighted by atomic mass is 10.2. The van der Waals surface area contributed by atoms with Crippen molar-refractivity contribution in [3.8, 4) is 0 Å². The van der Waals surface area contributed by atoms with Crippen LogP contribution in [0.3, 0.4) is 0 Å². The predicted molar refractivity (Wildman–Crippen MR) is 60.7 cm³/mol. The predicted octanol–water partition coefficient (Wildman–Crippen LogP) is 2.08. The first kappa shape index (κ1) is 12.4. The van der Waals surface area contributed by atoms with Crippen molar-refractivity contribution in [2.24, 2.45) is 0 Å². The molecule has 0 saturated heterocycles. The summed E-state index contributed by atoms with van der Waals surface area (Å²) < 4.78 is 23.3. The number of benzene rings is 1. The number of unbranched alkanes of at least 4 members (excludes halogenated alkanes) is 1. The topological polar surface area (TPSA) is 43.4 Å². The summed E-state index contributed by atoms with van der Waals surface area (Å²) in [6, 6.07) is 9.63. The van der Waals surface area contributed by atoms with Gasteiger partial charge in [0.2, 0.25) is 0 Å². The van der Waals surface area contributed by atoms with Crippen molar-refractivity contribution in [1.82, 2.24) is 4.31 Å². The van der Waals surface area contributed by atoms with Gasteiger partial charge >= 0.3 is 0 Å². The zero-order chi connectivity index (χ0) is 11.1. The molecule has 15 heavy (non-hydrogen) atoms. The average molecular weight is 226 g/mol. The molecular weight excluding hydrogens is 210 g/mol. The highest BCUT2D eigenvalue weighted by Crippen LogP contribution is 2.07. The molecule has 0 aliphatic heterocycles. The van der Waals surface area contributed by atoms with Crippen LogP contribution in [-0.2, 0) is 17.8 Å². The summed E-state index contributed by atoms with van der Waals surface area (Å²) in [4.78, 5) is 0. The van der Waals surface area contributed by atoms with Gasteiger partial charge in [-0.3, -0.25) is 4.21 Å². The molecule has 0 amide bonds. The minimum absolute atomic E-state index is 0.469. The molecule has 0 spiro atoms. The van der Waals surface area contributed by atoms with E-state index in [9.17, 15) is 8.76 Å². The molecular formula is C11H16NO2S-. The van der Waals surface area contributed by atoms with Crippen LogP contribution in [0.4, 0.5) is 0 Å². The van der Waals surface area contributed by atoms with E-state index in [0.29, 0.717) is 13.1 Å². The Morgan fingerprint density at radius 3 is 2.53 bits per heavy atom. The number of rotatable bonds is 6. The molecule has 1 unspecified atom stereocenters. The minimum Gasteiger partial charge on any atom is -0.760 e. The van der Waals surface area contributed by atoms with Crippen molar-refractivity contribution in [2.45, 2.75) is 26.3 Å². The van der Waals surface area contributed by atoms with Crippen LogP contribution in [0.25, 0.3) is 0 Å². The van der Waals surface area contributed by atoms with Gasteiger partial charge in [-0.05, 0) is 12.0 Å². The van der Waals surface area contributed by atoms with Crippen molar-refractivity contribution in [3.63, 3.8) is 0 Å². The fourth-order valence-electron chi connectivity index (χ4n) is 1.33. The standard InChI is InChI=1S/C11H17NO2S/c1-2-3-9-12(15(13)14)10-11-7-5-4-6-8-11/h4-8H,2-3,9-10H2,1H3,(H,13,14)/p-1. The second kappa shape index (κ2) is 6.71. The Morgan fingerprint density at radius 1 is 1.33 bits per heavy atom. The molecule has 0 radical (unpaired) electrons. The van der Waals surface area contributed by atoms with Gasteiger partial charge in [-0.25, -0.2) is 4.31 Å². The molecule has 1 aromatic carbocycles. The van der Waals surface area contributed by atoms with Crippen LogP contribution < -0.4 is 0 Å². The molecule has 0 N–H and O–H groups in total. The summed E-state index contributed by atoms with van der Waals surface area (Å²) in [6.45, 7) is 3.12. The summed E-state index contributed by atoms with van der Waals surface area (Å²) in [5.41, 5.74) is 1.03. The van der Waals surface area contributed by atoms with Gasteiger partial charge in [0.05, 0.1) is 0 Å². The molecule has 1 atom stereocenters. The van der Waals surface area contributed by atoms with Crippen LogP contribution in [0.15, 0.2) is 30.3 Å². The molecule has 4 heteroatoms. The Bertz CT molecular complexity index is 303. The SMILES string of the molecule is CCCCN(Cc1ccccc1)S(=O)[O-]. The zero-order valence-electron chi connectivity index (χ0n) is 8.89. The lowest BCUT2D eigenvalue weighted by molar-refractivity contribution is 0.376. The van der Waals surface area contributed by atoms with Crippen LogP contribution in [0.5, 0.6) is 0 Å². The second-order valence-electron chi connectivity index (χ2n) is 3.42. The maximum Gasteiger partial charge on any atom is 0.0353 e. The molecule has 0 aliphatic carbocycles. The third-order valence-electron chi connectivity index (χ3n) is 2.17. The number of nitrogens with zero attached hydrogens (tertiary/aromatic N) is 1. The van der Waals surface area contributed by atoms with Crippen molar-refractivity contribution in [2.75, 3.05) is 6.54 Å². The quantitative estimate of drug-likeness (QED) is 0.697. The van der Waals surface area contributed by atoms with E-state index in [1.165, 1.54) is 4.31 Å². The molecule has 0 saturated carbocycles. The van der Waals surface area contributed by atoms with Crippen LogP contribution in [0, 0.1) is 0 Å². The van der Waals surface area contributed by atoms with Gasteiger partial charge < -0.3 is 4.55 Å². The highest BCUT2D eigenvalue weighted by molar-refractivity contribution is 7.76. The molecule has 0 heterocycles. The van der Waals surface area contributed by atoms with Gasteiger partial charge in [0.25, 0.3) is 0 Å². The summed E-state index contributed by atoms with van der Waals surface area (Å²) in [6.07, 6.45) is 1.91. The summed E-state index contributed by atoms with van der Waals surface area (Å²) in [5, 5.41) is 0. The fourth-order valence-corrected chi connectivity index (χ4v) is 1.86. The summed E-state index contributed by atoms with van der Waals surface area (Å²) in [5.74, 6) is 0. The third kappa shape index (κ3) is 4.55. The lowest BCUT2D eigenvalue weighted by Crippen LogP contribution is -2.26. The van der Waals surface area contributed by atoms with Gasteiger partial charge in [0, 0.05) is 24.4 Å². The highest BCUT2D eigenvalue weighted by atomic mass is 32.2. The van der Waals surface area contributed by atoms with E-state index < -0.39 is 11.3 Å². The largest absolute Gasteiger partial charge is 0.760 e. The molecule has 0 bridgehead atoms. The normalized spacial score (nSPS) is 13.0. The lowest BCUT2D eigenvalue weighted by Gasteiger charge is -2.23. The first-order valence-electron chi connectivity index (χ1n) is 5.12. The van der Waals surface area contributed by atoms with Gasteiger partial charge in [0.15, 0.2) is 0 Å². The van der Waals surface area contributed by atoms with Crippen LogP contribution >= 0.6 is 0 Å². The minimum atomic E-state index is -2.12. The summed E-state index contributed by atoms with van der Waals surface area (Å²) >= 11 is -2.12. The maximum absolute atomic E-state index is 10.9. The van der Waals surface area contributed by atoms with E-state index in [0.717, 1.165) is 18.4 Å². The highest BCUT2D eigenvalue weighted by Gasteiger charge is 2.04. The van der Waals surface area contributed by atoms with Crippen molar-refractivity contribution >= 4 is 11.3 Å². The Morgan fingerprint density at radius 2 is 2.00 bits per heavy atom. The number of hydrogen-bond acceptors (Lipinski definition) is 2. The number of hydrogen-bond donors (Lipinski definition) is 0. The van der Waals surface area contributed by atoms with Gasteiger partial charge in [-0.1, -0.05) is 43.7 Å². The van der Waals surface area contributed by atoms with E-state index in [1.807, 2.05) is 30.3 Å². The van der Waals surface area contributed by atoms with Crippen LogP contribution in [0.2, 0.25) is 0 Å². The molecule has 1 rings (SSSR count). The van der Waals surface area contributed by atoms with Gasteiger partial charge in [-0.2, -0.15) is 0 Å². The first-order valence-corrected chi connectivity index (χ1v) is 6.15. The van der Waals surface area contributed by atoms with Crippen molar-refractivity contribution in [3.05, 3.63) is 35.9 Å². The van der Waals surface area contributed by atoms with E-state index in [4.69, 9.17) is 0 Å². The van der Waals surface area contributed by atoms with Gasteiger partial charge in [0.1, 0.15) is 0 Å². The van der Waals surface area contributed by atoms with E-state index >= 15 is 0 Å². The fraction of sp³-hybridized carbons (Fsp3) is 0.455.